The number of carbonyl (C=O) groups is 2. The summed E-state index contributed by atoms with van der Waals surface area (Å²) in [5.41, 5.74) is 1.18. The van der Waals surface area contributed by atoms with Gasteiger partial charge in [-0.05, 0) is 31.2 Å². The van der Waals surface area contributed by atoms with Crippen LogP contribution in [0, 0.1) is 6.92 Å². The third-order valence-electron chi connectivity index (χ3n) is 2.85. The van der Waals surface area contributed by atoms with Crippen LogP contribution in [0.1, 0.15) is 26.3 Å². The van der Waals surface area contributed by atoms with Crippen molar-refractivity contribution in [2.45, 2.75) is 6.92 Å². The van der Waals surface area contributed by atoms with Gasteiger partial charge in [0.25, 0.3) is 5.91 Å². The zero-order chi connectivity index (χ0) is 15.6. The first-order valence-electron chi connectivity index (χ1n) is 5.99. The number of anilines is 1. The molecule has 0 heterocycles. The van der Waals surface area contributed by atoms with E-state index in [1.165, 1.54) is 18.2 Å². The van der Waals surface area contributed by atoms with E-state index in [0.717, 1.165) is 5.56 Å². The second-order valence-corrected chi connectivity index (χ2v) is 5.19. The lowest BCUT2D eigenvalue weighted by atomic mass is 10.1. The number of amides is 1. The molecule has 0 saturated carbocycles. The predicted octanol–water partition coefficient (Wildman–Crippen LogP) is 4.25. The fourth-order valence-electron chi connectivity index (χ4n) is 1.81. The van der Waals surface area contributed by atoms with Gasteiger partial charge in [-0.3, -0.25) is 4.79 Å². The van der Waals surface area contributed by atoms with E-state index in [-0.39, 0.29) is 26.9 Å². The van der Waals surface area contributed by atoms with Crippen molar-refractivity contribution in [2.75, 3.05) is 5.32 Å². The topological polar surface area (TPSA) is 66.4 Å². The molecule has 0 bridgehead atoms. The molecule has 0 aliphatic heterocycles. The van der Waals surface area contributed by atoms with Crippen LogP contribution < -0.4 is 5.32 Å². The van der Waals surface area contributed by atoms with Gasteiger partial charge in [0.1, 0.15) is 0 Å². The number of carbonyl (C=O) groups excluding carboxylic acids is 1. The summed E-state index contributed by atoms with van der Waals surface area (Å²) >= 11 is 11.8. The van der Waals surface area contributed by atoms with E-state index in [1.54, 1.807) is 25.1 Å². The maximum Gasteiger partial charge on any atom is 0.337 e. The minimum atomic E-state index is -1.12. The quantitative estimate of drug-likeness (QED) is 0.887. The molecular weight excluding hydrogens is 313 g/mol. The Bertz CT molecular complexity index is 729. The summed E-state index contributed by atoms with van der Waals surface area (Å²) in [5.74, 6) is -1.64. The van der Waals surface area contributed by atoms with Gasteiger partial charge in [0, 0.05) is 0 Å². The van der Waals surface area contributed by atoms with Crippen LogP contribution >= 0.6 is 23.2 Å². The van der Waals surface area contributed by atoms with Gasteiger partial charge < -0.3 is 10.4 Å². The Morgan fingerprint density at radius 2 is 1.81 bits per heavy atom. The van der Waals surface area contributed by atoms with Crippen LogP contribution in [-0.2, 0) is 0 Å². The molecule has 0 saturated heterocycles. The van der Waals surface area contributed by atoms with Crippen LogP contribution in [0.2, 0.25) is 10.0 Å². The molecular formula is C15H11Cl2NO3. The van der Waals surface area contributed by atoms with E-state index in [4.69, 9.17) is 23.2 Å². The third-order valence-corrected chi connectivity index (χ3v) is 3.67. The number of carboxylic acids is 1. The number of benzene rings is 2. The minimum Gasteiger partial charge on any atom is -0.478 e. The summed E-state index contributed by atoms with van der Waals surface area (Å²) in [4.78, 5) is 23.4. The van der Waals surface area contributed by atoms with Crippen molar-refractivity contribution in [2.24, 2.45) is 0 Å². The van der Waals surface area contributed by atoms with Gasteiger partial charge in [0.2, 0.25) is 0 Å². The van der Waals surface area contributed by atoms with Crippen molar-refractivity contribution in [1.29, 1.82) is 0 Å². The lowest BCUT2D eigenvalue weighted by Gasteiger charge is -2.10. The lowest BCUT2D eigenvalue weighted by molar-refractivity contribution is 0.0698. The van der Waals surface area contributed by atoms with Crippen molar-refractivity contribution >= 4 is 40.8 Å². The van der Waals surface area contributed by atoms with Crippen LogP contribution in [-0.4, -0.2) is 17.0 Å². The smallest absolute Gasteiger partial charge is 0.337 e. The predicted molar refractivity (Wildman–Crippen MR) is 82.6 cm³/mol. The highest BCUT2D eigenvalue weighted by Crippen LogP contribution is 2.27. The van der Waals surface area contributed by atoms with Crippen molar-refractivity contribution in [1.82, 2.24) is 0 Å². The first-order chi connectivity index (χ1) is 9.90. The molecule has 108 valence electrons. The Morgan fingerprint density at radius 3 is 2.48 bits per heavy atom. The van der Waals surface area contributed by atoms with Crippen LogP contribution in [0.3, 0.4) is 0 Å². The summed E-state index contributed by atoms with van der Waals surface area (Å²) in [7, 11) is 0. The molecule has 2 rings (SSSR count). The number of hydrogen-bond donors (Lipinski definition) is 2. The van der Waals surface area contributed by atoms with Crippen molar-refractivity contribution in [3.8, 4) is 0 Å². The molecule has 2 aromatic rings. The van der Waals surface area contributed by atoms with Gasteiger partial charge in [0.05, 0.1) is 26.9 Å². The molecule has 0 radical (unpaired) electrons. The van der Waals surface area contributed by atoms with Crippen molar-refractivity contribution in [3.63, 3.8) is 0 Å². The van der Waals surface area contributed by atoms with Gasteiger partial charge >= 0.3 is 5.97 Å². The number of rotatable bonds is 3. The number of halogens is 2. The van der Waals surface area contributed by atoms with E-state index in [0.29, 0.717) is 0 Å². The highest BCUT2D eigenvalue weighted by Gasteiger charge is 2.16. The van der Waals surface area contributed by atoms with Gasteiger partial charge in [0.15, 0.2) is 0 Å². The third kappa shape index (κ3) is 3.35. The fraction of sp³-hybridized carbons (Fsp3) is 0.0667. The van der Waals surface area contributed by atoms with E-state index < -0.39 is 11.9 Å². The molecule has 0 aromatic heterocycles. The number of aromatic carboxylic acids is 1. The molecule has 0 aliphatic carbocycles. The fourth-order valence-corrected chi connectivity index (χ4v) is 2.20. The largest absolute Gasteiger partial charge is 0.478 e. The standard InChI is InChI=1S/C15H11Cl2NO3/c1-8-5-6-12(10(7-8)15(20)21)18-14(19)9-3-2-4-11(16)13(9)17/h2-7H,1H3,(H,18,19)(H,20,21). The first-order valence-corrected chi connectivity index (χ1v) is 6.75. The summed E-state index contributed by atoms with van der Waals surface area (Å²) < 4.78 is 0. The zero-order valence-corrected chi connectivity index (χ0v) is 12.5. The van der Waals surface area contributed by atoms with Crippen LogP contribution in [0.5, 0.6) is 0 Å². The van der Waals surface area contributed by atoms with Gasteiger partial charge in [-0.25, -0.2) is 4.79 Å². The average molecular weight is 324 g/mol. The van der Waals surface area contributed by atoms with Gasteiger partial charge in [-0.15, -0.1) is 0 Å². The van der Waals surface area contributed by atoms with Crippen LogP contribution in [0.25, 0.3) is 0 Å². The van der Waals surface area contributed by atoms with Gasteiger partial charge in [-0.1, -0.05) is 40.9 Å². The molecule has 4 nitrogen and oxygen atoms in total. The van der Waals surface area contributed by atoms with E-state index >= 15 is 0 Å². The zero-order valence-electron chi connectivity index (χ0n) is 11.0. The molecule has 2 N–H and O–H groups in total. The van der Waals surface area contributed by atoms with E-state index in [2.05, 4.69) is 5.32 Å². The number of nitrogens with one attached hydrogen (secondary N) is 1. The molecule has 0 fully saturated rings. The Balaban J connectivity index is 2.36. The normalized spacial score (nSPS) is 10.2. The first kappa shape index (κ1) is 15.4. The SMILES string of the molecule is Cc1ccc(NC(=O)c2cccc(Cl)c2Cl)c(C(=O)O)c1. The average Bonchev–Trinajstić information content (AvgIpc) is 2.43. The summed E-state index contributed by atoms with van der Waals surface area (Å²) in [6.45, 7) is 1.77. The second kappa shape index (κ2) is 6.16. The molecule has 1 amide bonds. The molecule has 0 atom stereocenters. The highest BCUT2D eigenvalue weighted by atomic mass is 35.5. The Labute approximate surface area is 131 Å². The van der Waals surface area contributed by atoms with Crippen LogP contribution in [0.15, 0.2) is 36.4 Å². The summed E-state index contributed by atoms with van der Waals surface area (Å²) in [5, 5.41) is 12.1. The lowest BCUT2D eigenvalue weighted by Crippen LogP contribution is -2.15. The molecule has 2 aromatic carbocycles. The number of carboxylic acid groups (broad SMARTS) is 1. The molecule has 0 unspecified atom stereocenters. The monoisotopic (exact) mass is 323 g/mol. The number of aryl methyl sites for hydroxylation is 1. The Kier molecular flexibility index (Phi) is 4.50. The maximum atomic E-state index is 12.2. The van der Waals surface area contributed by atoms with Crippen molar-refractivity contribution < 1.29 is 14.7 Å². The van der Waals surface area contributed by atoms with Crippen LogP contribution in [0.4, 0.5) is 5.69 Å². The van der Waals surface area contributed by atoms with Gasteiger partial charge in [-0.2, -0.15) is 0 Å². The van der Waals surface area contributed by atoms with E-state index in [1.807, 2.05) is 0 Å². The van der Waals surface area contributed by atoms with Crippen molar-refractivity contribution in [3.05, 3.63) is 63.1 Å². The Hall–Kier alpha value is -2.04. The maximum absolute atomic E-state index is 12.2. The molecule has 6 heteroatoms. The van der Waals surface area contributed by atoms with E-state index in [9.17, 15) is 14.7 Å². The second-order valence-electron chi connectivity index (χ2n) is 4.41. The Morgan fingerprint density at radius 1 is 1.10 bits per heavy atom. The summed E-state index contributed by atoms with van der Waals surface area (Å²) in [6, 6.07) is 9.40. The summed E-state index contributed by atoms with van der Waals surface area (Å²) in [6.07, 6.45) is 0. The molecule has 21 heavy (non-hydrogen) atoms. The highest BCUT2D eigenvalue weighted by molar-refractivity contribution is 6.44. The molecule has 0 aliphatic rings. The molecule has 0 spiro atoms. The number of hydrogen-bond acceptors (Lipinski definition) is 2. The minimum absolute atomic E-state index is 0.0153.